The minimum absolute atomic E-state index is 0.0945. The lowest BCUT2D eigenvalue weighted by molar-refractivity contribution is -0.129. The van der Waals surface area contributed by atoms with Crippen LogP contribution >= 0.6 is 0 Å². The van der Waals surface area contributed by atoms with Gasteiger partial charge in [0.15, 0.2) is 11.6 Å². The van der Waals surface area contributed by atoms with E-state index in [0.717, 1.165) is 44.1 Å². The highest BCUT2D eigenvalue weighted by atomic mass is 19.1. The molecule has 1 aromatic carbocycles. The first kappa shape index (κ1) is 14.2. The highest BCUT2D eigenvalue weighted by Gasteiger charge is 2.54. The molecule has 3 aliphatic carbocycles. The van der Waals surface area contributed by atoms with Gasteiger partial charge in [-0.1, -0.05) is 6.92 Å². The Bertz CT molecular complexity index is 639. The lowest BCUT2D eigenvalue weighted by Gasteiger charge is -2.48. The van der Waals surface area contributed by atoms with Gasteiger partial charge in [0, 0.05) is 11.8 Å². The third-order valence-corrected chi connectivity index (χ3v) is 6.71. The summed E-state index contributed by atoms with van der Waals surface area (Å²) in [6.45, 7) is 2.18. The molecule has 0 aromatic heterocycles. The number of methoxy groups -OCH3 is 1. The molecule has 3 aliphatic rings. The molecule has 0 heterocycles. The van der Waals surface area contributed by atoms with Gasteiger partial charge in [-0.05, 0) is 73.1 Å². The number of Topliss-reactive ketones (excluding diaryl/α,β-unsaturated/α-hetero) is 1. The Morgan fingerprint density at radius 1 is 1.23 bits per heavy atom. The van der Waals surface area contributed by atoms with Gasteiger partial charge in [0.2, 0.25) is 0 Å². The second-order valence-corrected chi connectivity index (χ2v) is 7.52. The molecule has 2 nitrogen and oxygen atoms in total. The minimum atomic E-state index is -0.253. The predicted octanol–water partition coefficient (Wildman–Crippen LogP) is 4.26. The summed E-state index contributed by atoms with van der Waals surface area (Å²) in [5.41, 5.74) is 2.33. The fourth-order valence-corrected chi connectivity index (χ4v) is 5.50. The molecule has 0 radical (unpaired) electrons. The molecular formula is C19H23FO2. The van der Waals surface area contributed by atoms with E-state index < -0.39 is 0 Å². The number of ether oxygens (including phenoxy) is 1. The zero-order chi connectivity index (χ0) is 15.5. The zero-order valence-corrected chi connectivity index (χ0v) is 13.3. The summed E-state index contributed by atoms with van der Waals surface area (Å²) in [5.74, 6) is 2.14. The van der Waals surface area contributed by atoms with E-state index in [2.05, 4.69) is 6.92 Å². The first-order valence-electron chi connectivity index (χ1n) is 8.44. The number of carbonyl (C=O) groups excluding carboxylic acids is 1. The first-order chi connectivity index (χ1) is 10.5. The predicted molar refractivity (Wildman–Crippen MR) is 82.6 cm³/mol. The Kier molecular flexibility index (Phi) is 3.11. The number of benzene rings is 1. The first-order valence-corrected chi connectivity index (χ1v) is 8.44. The van der Waals surface area contributed by atoms with Crippen LogP contribution in [0.3, 0.4) is 0 Å². The third kappa shape index (κ3) is 1.80. The molecule has 4 rings (SSSR count). The summed E-state index contributed by atoms with van der Waals surface area (Å²) < 4.78 is 19.1. The number of aryl methyl sites for hydroxylation is 1. The number of hydrogen-bond donors (Lipinski definition) is 0. The van der Waals surface area contributed by atoms with Crippen LogP contribution < -0.4 is 4.74 Å². The average molecular weight is 302 g/mol. The lowest BCUT2D eigenvalue weighted by atomic mass is 9.55. The molecule has 0 spiro atoms. The van der Waals surface area contributed by atoms with Crippen molar-refractivity contribution < 1.29 is 13.9 Å². The second-order valence-electron chi connectivity index (χ2n) is 7.52. The molecule has 0 bridgehead atoms. The molecule has 4 unspecified atom stereocenters. The van der Waals surface area contributed by atoms with Gasteiger partial charge in [0.1, 0.15) is 5.78 Å². The van der Waals surface area contributed by atoms with Crippen molar-refractivity contribution in [1.29, 1.82) is 0 Å². The molecule has 0 aliphatic heterocycles. The summed E-state index contributed by atoms with van der Waals surface area (Å²) in [7, 11) is 1.53. The van der Waals surface area contributed by atoms with Crippen molar-refractivity contribution in [2.45, 2.75) is 51.4 Å². The summed E-state index contributed by atoms with van der Waals surface area (Å²) >= 11 is 0. The molecular weight excluding hydrogens is 279 g/mol. The second kappa shape index (κ2) is 4.81. The largest absolute Gasteiger partial charge is 0.494 e. The maximum Gasteiger partial charge on any atom is 0.165 e. The van der Waals surface area contributed by atoms with E-state index in [0.29, 0.717) is 29.3 Å². The van der Waals surface area contributed by atoms with E-state index in [9.17, 15) is 9.18 Å². The van der Waals surface area contributed by atoms with Crippen LogP contribution in [0.2, 0.25) is 0 Å². The van der Waals surface area contributed by atoms with E-state index in [1.807, 2.05) is 6.07 Å². The van der Waals surface area contributed by atoms with Gasteiger partial charge >= 0.3 is 0 Å². The van der Waals surface area contributed by atoms with Crippen molar-refractivity contribution in [2.24, 2.45) is 17.3 Å². The van der Waals surface area contributed by atoms with E-state index >= 15 is 0 Å². The van der Waals surface area contributed by atoms with Crippen molar-refractivity contribution in [2.75, 3.05) is 7.11 Å². The SMILES string of the molecule is COc1cc2c(cc1F)CCC1C2CCC2(C)C(=O)CCC12. The van der Waals surface area contributed by atoms with Crippen molar-refractivity contribution in [3.63, 3.8) is 0 Å². The molecule has 4 atom stereocenters. The van der Waals surface area contributed by atoms with E-state index in [1.165, 1.54) is 12.7 Å². The Morgan fingerprint density at radius 3 is 2.82 bits per heavy atom. The Labute approximate surface area is 131 Å². The van der Waals surface area contributed by atoms with Crippen molar-refractivity contribution >= 4 is 5.78 Å². The van der Waals surface area contributed by atoms with Crippen LogP contribution in [-0.2, 0) is 11.2 Å². The van der Waals surface area contributed by atoms with E-state index in [1.54, 1.807) is 6.07 Å². The van der Waals surface area contributed by atoms with Crippen LogP contribution in [0.5, 0.6) is 5.75 Å². The zero-order valence-electron chi connectivity index (χ0n) is 13.3. The summed E-state index contributed by atoms with van der Waals surface area (Å²) in [6, 6.07) is 3.58. The molecule has 0 saturated heterocycles. The maximum absolute atomic E-state index is 14.0. The number of carbonyl (C=O) groups is 1. The third-order valence-electron chi connectivity index (χ3n) is 6.71. The molecule has 0 amide bonds. The number of halogens is 1. The van der Waals surface area contributed by atoms with Crippen molar-refractivity contribution in [3.8, 4) is 5.75 Å². The standard InChI is InChI=1S/C19H23FO2/c1-19-8-7-12-13(15(19)5-6-18(19)21)4-3-11-9-16(20)17(22-2)10-14(11)12/h9-10,12-13,15H,3-8H2,1-2H3. The molecule has 3 heteroatoms. The maximum atomic E-state index is 14.0. The van der Waals surface area contributed by atoms with Gasteiger partial charge in [-0.2, -0.15) is 0 Å². The van der Waals surface area contributed by atoms with E-state index in [4.69, 9.17) is 4.74 Å². The van der Waals surface area contributed by atoms with Gasteiger partial charge in [0.05, 0.1) is 7.11 Å². The number of ketones is 1. The Balaban J connectivity index is 1.74. The van der Waals surface area contributed by atoms with Crippen LogP contribution in [0, 0.1) is 23.1 Å². The molecule has 118 valence electrons. The quantitative estimate of drug-likeness (QED) is 0.775. The lowest BCUT2D eigenvalue weighted by Crippen LogP contribution is -2.42. The normalized spacial score (nSPS) is 36.5. The number of rotatable bonds is 1. The van der Waals surface area contributed by atoms with Crippen molar-refractivity contribution in [1.82, 2.24) is 0 Å². The van der Waals surface area contributed by atoms with Crippen LogP contribution in [0.4, 0.5) is 4.39 Å². The van der Waals surface area contributed by atoms with Gasteiger partial charge in [-0.15, -0.1) is 0 Å². The average Bonchev–Trinajstić information content (AvgIpc) is 2.82. The monoisotopic (exact) mass is 302 g/mol. The summed E-state index contributed by atoms with van der Waals surface area (Å²) in [5, 5.41) is 0. The fourth-order valence-electron chi connectivity index (χ4n) is 5.50. The summed E-state index contributed by atoms with van der Waals surface area (Å²) in [4.78, 5) is 12.3. The van der Waals surface area contributed by atoms with Gasteiger partial charge < -0.3 is 4.74 Å². The smallest absolute Gasteiger partial charge is 0.165 e. The van der Waals surface area contributed by atoms with Gasteiger partial charge in [-0.3, -0.25) is 4.79 Å². The van der Waals surface area contributed by atoms with Gasteiger partial charge in [0.25, 0.3) is 0 Å². The van der Waals surface area contributed by atoms with Gasteiger partial charge in [-0.25, -0.2) is 4.39 Å². The molecule has 0 N–H and O–H groups in total. The number of fused-ring (bicyclic) bond motifs is 5. The highest BCUT2D eigenvalue weighted by molar-refractivity contribution is 5.87. The fraction of sp³-hybridized carbons (Fsp3) is 0.632. The molecule has 1 aromatic rings. The molecule has 2 saturated carbocycles. The molecule has 22 heavy (non-hydrogen) atoms. The van der Waals surface area contributed by atoms with Crippen LogP contribution in [0.15, 0.2) is 12.1 Å². The topological polar surface area (TPSA) is 26.3 Å². The van der Waals surface area contributed by atoms with Crippen LogP contribution in [-0.4, -0.2) is 12.9 Å². The van der Waals surface area contributed by atoms with Crippen molar-refractivity contribution in [3.05, 3.63) is 29.1 Å². The minimum Gasteiger partial charge on any atom is -0.494 e. The Hall–Kier alpha value is -1.38. The van der Waals surface area contributed by atoms with Crippen LogP contribution in [0.25, 0.3) is 0 Å². The molecule has 2 fully saturated rings. The highest BCUT2D eigenvalue weighted by Crippen LogP contribution is 2.59. The summed E-state index contributed by atoms with van der Waals surface area (Å²) in [6.07, 6.45) is 5.85. The van der Waals surface area contributed by atoms with Crippen LogP contribution in [0.1, 0.15) is 56.1 Å². The van der Waals surface area contributed by atoms with E-state index in [-0.39, 0.29) is 11.2 Å². The number of hydrogen-bond acceptors (Lipinski definition) is 2. The Morgan fingerprint density at radius 2 is 2.05 bits per heavy atom.